The zero-order valence-corrected chi connectivity index (χ0v) is 19.5. The fourth-order valence-electron chi connectivity index (χ4n) is 4.31. The number of carboxylic acids is 1. The van der Waals surface area contributed by atoms with E-state index in [1.807, 2.05) is 6.07 Å². The van der Waals surface area contributed by atoms with Gasteiger partial charge in [-0.25, -0.2) is 4.79 Å². The lowest BCUT2D eigenvalue weighted by Gasteiger charge is -2.23. The Morgan fingerprint density at radius 1 is 1.06 bits per heavy atom. The van der Waals surface area contributed by atoms with Crippen LogP contribution in [0.3, 0.4) is 0 Å². The molecule has 0 spiro atoms. The number of carbonyl (C=O) groups is 5. The van der Waals surface area contributed by atoms with Crippen molar-refractivity contribution in [1.29, 1.82) is 0 Å². The number of likely N-dealkylation sites (tertiary alicyclic amines) is 1. The summed E-state index contributed by atoms with van der Waals surface area (Å²) in [6, 6.07) is 12.0. The van der Waals surface area contributed by atoms with Crippen LogP contribution in [0, 0.1) is 6.92 Å². The quantitative estimate of drug-likeness (QED) is 0.432. The molecule has 10 heteroatoms. The highest BCUT2D eigenvalue weighted by Gasteiger charge is 2.37. The number of carbonyl (C=O) groups excluding carboxylic acids is 4. The number of benzene rings is 2. The molecule has 1 atom stereocenters. The Morgan fingerprint density at radius 2 is 1.83 bits per heavy atom. The SMILES string of the molecule is Cc1cc(NC(=O)C(=O)C2CCCN2C(=O)CNC(=O)c2ccnc3ccccc23)ccc1C(=O)O. The topological polar surface area (TPSA) is 146 Å². The summed E-state index contributed by atoms with van der Waals surface area (Å²) in [5.74, 6) is -3.67. The number of aryl methyl sites for hydroxylation is 1. The van der Waals surface area contributed by atoms with Crippen LogP contribution in [-0.4, -0.2) is 63.6 Å². The second kappa shape index (κ2) is 10.3. The molecule has 2 heterocycles. The smallest absolute Gasteiger partial charge is 0.335 e. The van der Waals surface area contributed by atoms with Gasteiger partial charge in [-0.3, -0.25) is 24.2 Å². The summed E-state index contributed by atoms with van der Waals surface area (Å²) >= 11 is 0. The first kappa shape index (κ1) is 24.5. The van der Waals surface area contributed by atoms with Crippen LogP contribution >= 0.6 is 0 Å². The molecule has 36 heavy (non-hydrogen) atoms. The third kappa shape index (κ3) is 5.07. The number of aromatic carboxylic acids is 1. The molecule has 0 radical (unpaired) electrons. The highest BCUT2D eigenvalue weighted by molar-refractivity contribution is 6.42. The molecule has 3 amide bonds. The molecule has 1 fully saturated rings. The molecule has 184 valence electrons. The Labute approximate surface area is 206 Å². The molecule has 1 aliphatic heterocycles. The van der Waals surface area contributed by atoms with Crippen molar-refractivity contribution in [2.24, 2.45) is 0 Å². The molecule has 0 bridgehead atoms. The monoisotopic (exact) mass is 488 g/mol. The van der Waals surface area contributed by atoms with Gasteiger partial charge in [0.25, 0.3) is 11.8 Å². The highest BCUT2D eigenvalue weighted by Crippen LogP contribution is 2.21. The maximum atomic E-state index is 12.8. The van der Waals surface area contributed by atoms with E-state index in [1.54, 1.807) is 31.2 Å². The zero-order valence-electron chi connectivity index (χ0n) is 19.5. The Balaban J connectivity index is 1.38. The number of fused-ring (bicyclic) bond motifs is 1. The normalized spacial score (nSPS) is 14.9. The number of para-hydroxylation sites is 1. The molecule has 1 aromatic heterocycles. The van der Waals surface area contributed by atoms with Crippen molar-refractivity contribution in [2.45, 2.75) is 25.8 Å². The van der Waals surface area contributed by atoms with Crippen LogP contribution in [0.15, 0.2) is 54.7 Å². The van der Waals surface area contributed by atoms with Crippen LogP contribution in [0.4, 0.5) is 5.69 Å². The van der Waals surface area contributed by atoms with Crippen LogP contribution in [-0.2, 0) is 14.4 Å². The van der Waals surface area contributed by atoms with Crippen molar-refractivity contribution in [3.63, 3.8) is 0 Å². The van der Waals surface area contributed by atoms with E-state index in [2.05, 4.69) is 15.6 Å². The van der Waals surface area contributed by atoms with E-state index in [4.69, 9.17) is 5.11 Å². The van der Waals surface area contributed by atoms with Crippen molar-refractivity contribution in [2.75, 3.05) is 18.4 Å². The van der Waals surface area contributed by atoms with Crippen molar-refractivity contribution >= 4 is 46.1 Å². The second-order valence-electron chi connectivity index (χ2n) is 8.46. The Morgan fingerprint density at radius 3 is 2.58 bits per heavy atom. The molecule has 3 aromatic rings. The van der Waals surface area contributed by atoms with Gasteiger partial charge in [0.2, 0.25) is 11.7 Å². The number of Topliss-reactive ketones (excluding diaryl/α,β-unsaturated/α-hetero) is 1. The molecule has 1 saturated heterocycles. The van der Waals surface area contributed by atoms with Gasteiger partial charge in [0, 0.05) is 23.8 Å². The first-order valence-corrected chi connectivity index (χ1v) is 11.4. The van der Waals surface area contributed by atoms with E-state index in [1.165, 1.54) is 29.3 Å². The molecule has 3 N–H and O–H groups in total. The van der Waals surface area contributed by atoms with Gasteiger partial charge in [-0.05, 0) is 55.7 Å². The minimum Gasteiger partial charge on any atom is -0.478 e. The lowest BCUT2D eigenvalue weighted by molar-refractivity contribution is -0.141. The Kier molecular flexibility index (Phi) is 7.05. The fraction of sp³-hybridized carbons (Fsp3) is 0.231. The van der Waals surface area contributed by atoms with E-state index in [0.717, 1.165) is 0 Å². The summed E-state index contributed by atoms with van der Waals surface area (Å²) in [4.78, 5) is 67.7. The number of hydrogen-bond acceptors (Lipinski definition) is 6. The molecule has 4 rings (SSSR count). The third-order valence-electron chi connectivity index (χ3n) is 6.11. The van der Waals surface area contributed by atoms with Gasteiger partial charge in [-0.15, -0.1) is 0 Å². The average molecular weight is 489 g/mol. The predicted molar refractivity (Wildman–Crippen MR) is 131 cm³/mol. The molecule has 0 aliphatic carbocycles. The lowest BCUT2D eigenvalue weighted by atomic mass is 10.1. The Hall–Kier alpha value is -4.60. The molecule has 1 aliphatic rings. The summed E-state index contributed by atoms with van der Waals surface area (Å²) in [6.45, 7) is 1.56. The van der Waals surface area contributed by atoms with Crippen LogP contribution in [0.1, 0.15) is 39.1 Å². The lowest BCUT2D eigenvalue weighted by Crippen LogP contribution is -2.48. The van der Waals surface area contributed by atoms with Crippen LogP contribution in [0.2, 0.25) is 0 Å². The first-order valence-electron chi connectivity index (χ1n) is 11.4. The van der Waals surface area contributed by atoms with E-state index < -0.39 is 35.5 Å². The van der Waals surface area contributed by atoms with Gasteiger partial charge in [-0.1, -0.05) is 18.2 Å². The van der Waals surface area contributed by atoms with Gasteiger partial charge >= 0.3 is 5.97 Å². The summed E-state index contributed by atoms with van der Waals surface area (Å²) in [7, 11) is 0. The van der Waals surface area contributed by atoms with Crippen LogP contribution in [0.5, 0.6) is 0 Å². The van der Waals surface area contributed by atoms with E-state index in [9.17, 15) is 24.0 Å². The summed E-state index contributed by atoms with van der Waals surface area (Å²) in [5, 5.41) is 14.9. The number of rotatable bonds is 7. The molecule has 10 nitrogen and oxygen atoms in total. The summed E-state index contributed by atoms with van der Waals surface area (Å²) < 4.78 is 0. The van der Waals surface area contributed by atoms with Crippen molar-refractivity contribution in [3.8, 4) is 0 Å². The first-order chi connectivity index (χ1) is 17.3. The third-order valence-corrected chi connectivity index (χ3v) is 6.11. The number of carboxylic acid groups (broad SMARTS) is 1. The van der Waals surface area contributed by atoms with Gasteiger partial charge < -0.3 is 20.6 Å². The largest absolute Gasteiger partial charge is 0.478 e. The number of nitrogens with one attached hydrogen (secondary N) is 2. The number of hydrogen-bond donors (Lipinski definition) is 3. The van der Waals surface area contributed by atoms with Crippen LogP contribution in [0.25, 0.3) is 10.9 Å². The van der Waals surface area contributed by atoms with Crippen molar-refractivity contribution < 1.29 is 29.1 Å². The van der Waals surface area contributed by atoms with Crippen LogP contribution < -0.4 is 10.6 Å². The van der Waals surface area contributed by atoms with E-state index >= 15 is 0 Å². The maximum absolute atomic E-state index is 12.8. The number of pyridine rings is 1. The Bertz CT molecular complexity index is 1380. The van der Waals surface area contributed by atoms with Gasteiger partial charge in [0.05, 0.1) is 23.2 Å². The summed E-state index contributed by atoms with van der Waals surface area (Å²) in [5.41, 5.74) is 1.84. The molecule has 1 unspecified atom stereocenters. The van der Waals surface area contributed by atoms with Crippen molar-refractivity contribution in [1.82, 2.24) is 15.2 Å². The minimum absolute atomic E-state index is 0.0914. The number of amides is 3. The maximum Gasteiger partial charge on any atom is 0.335 e. The number of ketones is 1. The fourth-order valence-corrected chi connectivity index (χ4v) is 4.31. The average Bonchev–Trinajstić information content (AvgIpc) is 3.36. The number of aromatic nitrogens is 1. The predicted octanol–water partition coefficient (Wildman–Crippen LogP) is 2.17. The van der Waals surface area contributed by atoms with E-state index in [-0.39, 0.29) is 17.8 Å². The minimum atomic E-state index is -1.09. The molecule has 0 saturated carbocycles. The number of nitrogens with zero attached hydrogens (tertiary/aromatic N) is 2. The second-order valence-corrected chi connectivity index (χ2v) is 8.46. The van der Waals surface area contributed by atoms with E-state index in [0.29, 0.717) is 41.4 Å². The van der Waals surface area contributed by atoms with Crippen molar-refractivity contribution in [3.05, 3.63) is 71.4 Å². The number of anilines is 1. The highest BCUT2D eigenvalue weighted by atomic mass is 16.4. The van der Waals surface area contributed by atoms with Gasteiger partial charge in [-0.2, -0.15) is 0 Å². The molecule has 2 aromatic carbocycles. The molecular formula is C26H24N4O6. The summed E-state index contributed by atoms with van der Waals surface area (Å²) in [6.07, 6.45) is 2.40. The standard InChI is InChI=1S/C26H24N4O6/c1-15-13-16(8-9-17(15)26(35)36)29-25(34)23(32)21-7-4-12-30(21)22(31)14-28-24(33)19-10-11-27-20-6-3-2-5-18(19)20/h2-3,5-6,8-11,13,21H,4,7,12,14H2,1H3,(H,28,33)(H,29,34)(H,35,36). The van der Waals surface area contributed by atoms with Gasteiger partial charge in [0.15, 0.2) is 0 Å². The van der Waals surface area contributed by atoms with Gasteiger partial charge in [0.1, 0.15) is 6.04 Å². The zero-order chi connectivity index (χ0) is 25.8. The molecular weight excluding hydrogens is 464 g/mol.